The van der Waals surface area contributed by atoms with Gasteiger partial charge in [0.15, 0.2) is 6.61 Å². The summed E-state index contributed by atoms with van der Waals surface area (Å²) in [5.41, 5.74) is 0.838. The van der Waals surface area contributed by atoms with Crippen molar-refractivity contribution in [1.82, 2.24) is 10.2 Å². The molecule has 0 bridgehead atoms. The maximum Gasteiger partial charge on any atom is 0.336 e. The van der Waals surface area contributed by atoms with Crippen molar-refractivity contribution in [2.75, 3.05) is 11.9 Å². The third-order valence-electron chi connectivity index (χ3n) is 3.47. The number of ether oxygens (including phenoxy) is 1. The number of hydrogen-bond donors (Lipinski definition) is 1. The molecule has 25 heavy (non-hydrogen) atoms. The number of nitrogens with zero attached hydrogens (tertiary/aromatic N) is 2. The summed E-state index contributed by atoms with van der Waals surface area (Å²) in [6, 6.07) is 6.56. The molecule has 1 N–H and O–H groups in total. The van der Waals surface area contributed by atoms with Gasteiger partial charge in [0.25, 0.3) is 5.91 Å². The molecule has 0 saturated heterocycles. The number of carbonyl (C=O) groups excluding carboxylic acids is 1. The lowest BCUT2D eigenvalue weighted by Crippen LogP contribution is -2.20. The monoisotopic (exact) mass is 359 g/mol. The van der Waals surface area contributed by atoms with Gasteiger partial charge in [-0.2, -0.15) is 0 Å². The van der Waals surface area contributed by atoms with E-state index in [0.717, 1.165) is 28.8 Å². The van der Waals surface area contributed by atoms with Gasteiger partial charge in [-0.1, -0.05) is 18.3 Å². The number of benzene rings is 1. The Morgan fingerprint density at radius 2 is 2.16 bits per heavy atom. The highest BCUT2D eigenvalue weighted by atomic mass is 32.1. The van der Waals surface area contributed by atoms with E-state index in [9.17, 15) is 9.59 Å². The average Bonchev–Trinajstić information content (AvgIpc) is 3.00. The number of hydrogen-bond acceptors (Lipinski definition) is 7. The Bertz CT molecular complexity index is 964. The van der Waals surface area contributed by atoms with Crippen LogP contribution in [0.25, 0.3) is 11.0 Å². The van der Waals surface area contributed by atoms with Gasteiger partial charge in [-0.15, -0.1) is 10.2 Å². The number of anilines is 1. The van der Waals surface area contributed by atoms with E-state index in [1.807, 2.05) is 6.92 Å². The van der Waals surface area contributed by atoms with E-state index in [1.165, 1.54) is 17.4 Å². The quantitative estimate of drug-likeness (QED) is 0.680. The number of carbonyl (C=O) groups is 1. The topological polar surface area (TPSA) is 94.3 Å². The predicted octanol–water partition coefficient (Wildman–Crippen LogP) is 2.92. The summed E-state index contributed by atoms with van der Waals surface area (Å²) in [4.78, 5) is 23.4. The normalized spacial score (nSPS) is 10.8. The summed E-state index contributed by atoms with van der Waals surface area (Å²) >= 11 is 1.35. The summed E-state index contributed by atoms with van der Waals surface area (Å²) in [6.45, 7) is 3.72. The molecule has 3 aromatic rings. The fourth-order valence-electron chi connectivity index (χ4n) is 2.32. The Kier molecular flexibility index (Phi) is 5.08. The third-order valence-corrected chi connectivity index (χ3v) is 4.37. The maximum absolute atomic E-state index is 12.0. The lowest BCUT2D eigenvalue weighted by molar-refractivity contribution is -0.118. The van der Waals surface area contributed by atoms with Crippen molar-refractivity contribution in [3.8, 4) is 5.75 Å². The van der Waals surface area contributed by atoms with Crippen LogP contribution in [0.3, 0.4) is 0 Å². The highest BCUT2D eigenvalue weighted by Gasteiger charge is 2.10. The molecular formula is C17H17N3O4S. The fraction of sp³-hybridized carbons (Fsp3) is 0.294. The summed E-state index contributed by atoms with van der Waals surface area (Å²) in [6.07, 6.45) is 1.81. The van der Waals surface area contributed by atoms with Gasteiger partial charge < -0.3 is 9.15 Å². The Hall–Kier alpha value is -2.74. The van der Waals surface area contributed by atoms with Crippen LogP contribution in [0.1, 0.15) is 23.9 Å². The Morgan fingerprint density at radius 3 is 2.96 bits per heavy atom. The zero-order valence-corrected chi connectivity index (χ0v) is 14.7. The number of nitrogens with one attached hydrogen (secondary N) is 1. The van der Waals surface area contributed by atoms with E-state index in [-0.39, 0.29) is 12.5 Å². The first-order chi connectivity index (χ1) is 12.0. The molecule has 7 nitrogen and oxygen atoms in total. The molecular weight excluding hydrogens is 342 g/mol. The second-order valence-electron chi connectivity index (χ2n) is 5.49. The van der Waals surface area contributed by atoms with Crippen molar-refractivity contribution in [3.63, 3.8) is 0 Å². The van der Waals surface area contributed by atoms with Crippen LogP contribution in [0.2, 0.25) is 0 Å². The summed E-state index contributed by atoms with van der Waals surface area (Å²) < 4.78 is 10.6. The number of fused-ring (bicyclic) bond motifs is 1. The molecule has 130 valence electrons. The lowest BCUT2D eigenvalue weighted by Gasteiger charge is -2.07. The van der Waals surface area contributed by atoms with Gasteiger partial charge in [0, 0.05) is 23.9 Å². The molecule has 0 aliphatic rings. The molecule has 0 saturated carbocycles. The number of rotatable bonds is 6. The minimum Gasteiger partial charge on any atom is -0.484 e. The first kappa shape index (κ1) is 17.1. The largest absolute Gasteiger partial charge is 0.484 e. The smallest absolute Gasteiger partial charge is 0.336 e. The Labute approximate surface area is 147 Å². The standard InChI is InChI=1S/C17H17N3O4S/c1-3-4-15-19-20-17(25-15)18-14(21)9-23-11-5-6-12-10(2)7-16(22)24-13(12)8-11/h5-8H,3-4,9H2,1-2H3,(H,18,20,21). The maximum atomic E-state index is 12.0. The number of amides is 1. The number of aromatic nitrogens is 2. The van der Waals surface area contributed by atoms with Crippen LogP contribution < -0.4 is 15.7 Å². The summed E-state index contributed by atoms with van der Waals surface area (Å²) in [7, 11) is 0. The summed E-state index contributed by atoms with van der Waals surface area (Å²) in [5.74, 6) is 0.116. The molecule has 1 aromatic carbocycles. The van der Waals surface area contributed by atoms with Gasteiger partial charge in [0.1, 0.15) is 16.3 Å². The average molecular weight is 359 g/mol. The van der Waals surface area contributed by atoms with Crippen LogP contribution >= 0.6 is 11.3 Å². The van der Waals surface area contributed by atoms with Gasteiger partial charge in [-0.3, -0.25) is 10.1 Å². The lowest BCUT2D eigenvalue weighted by atomic mass is 10.1. The van der Waals surface area contributed by atoms with E-state index >= 15 is 0 Å². The van der Waals surface area contributed by atoms with Crippen molar-refractivity contribution in [2.24, 2.45) is 0 Å². The molecule has 0 radical (unpaired) electrons. The molecule has 0 unspecified atom stereocenters. The van der Waals surface area contributed by atoms with Crippen LogP contribution in [-0.2, 0) is 11.2 Å². The first-order valence-electron chi connectivity index (χ1n) is 7.84. The van der Waals surface area contributed by atoms with Gasteiger partial charge in [0.2, 0.25) is 5.13 Å². The van der Waals surface area contributed by atoms with Crippen molar-refractivity contribution in [3.05, 3.63) is 45.3 Å². The zero-order chi connectivity index (χ0) is 17.8. The second-order valence-corrected chi connectivity index (χ2v) is 6.56. The summed E-state index contributed by atoms with van der Waals surface area (Å²) in [5, 5.41) is 12.7. The SMILES string of the molecule is CCCc1nnc(NC(=O)COc2ccc3c(C)cc(=O)oc3c2)s1. The minimum absolute atomic E-state index is 0.176. The van der Waals surface area contributed by atoms with E-state index in [2.05, 4.69) is 22.4 Å². The van der Waals surface area contributed by atoms with E-state index < -0.39 is 5.63 Å². The van der Waals surface area contributed by atoms with E-state index in [0.29, 0.717) is 16.5 Å². The highest BCUT2D eigenvalue weighted by Crippen LogP contribution is 2.22. The van der Waals surface area contributed by atoms with Gasteiger partial charge >= 0.3 is 5.63 Å². The van der Waals surface area contributed by atoms with E-state index in [4.69, 9.17) is 9.15 Å². The molecule has 0 aliphatic carbocycles. The van der Waals surface area contributed by atoms with Crippen LogP contribution in [0.15, 0.2) is 33.5 Å². The Balaban J connectivity index is 1.63. The molecule has 0 fully saturated rings. The zero-order valence-electron chi connectivity index (χ0n) is 13.9. The molecule has 0 aliphatic heterocycles. The molecule has 2 heterocycles. The van der Waals surface area contributed by atoms with Crippen molar-refractivity contribution in [1.29, 1.82) is 0 Å². The van der Waals surface area contributed by atoms with Crippen LogP contribution in [0.4, 0.5) is 5.13 Å². The molecule has 1 amide bonds. The third kappa shape index (κ3) is 4.21. The predicted molar refractivity (Wildman–Crippen MR) is 95.2 cm³/mol. The van der Waals surface area contributed by atoms with Crippen molar-refractivity contribution >= 4 is 33.3 Å². The fourth-order valence-corrected chi connectivity index (χ4v) is 3.18. The van der Waals surface area contributed by atoms with Crippen molar-refractivity contribution in [2.45, 2.75) is 26.7 Å². The molecule has 2 aromatic heterocycles. The first-order valence-corrected chi connectivity index (χ1v) is 8.66. The van der Waals surface area contributed by atoms with E-state index in [1.54, 1.807) is 18.2 Å². The van der Waals surface area contributed by atoms with Crippen LogP contribution in [-0.4, -0.2) is 22.7 Å². The minimum atomic E-state index is -0.418. The Morgan fingerprint density at radius 1 is 1.32 bits per heavy atom. The highest BCUT2D eigenvalue weighted by molar-refractivity contribution is 7.15. The van der Waals surface area contributed by atoms with Gasteiger partial charge in [-0.05, 0) is 31.0 Å². The van der Waals surface area contributed by atoms with Gasteiger partial charge in [0.05, 0.1) is 0 Å². The van der Waals surface area contributed by atoms with Gasteiger partial charge in [-0.25, -0.2) is 4.79 Å². The van der Waals surface area contributed by atoms with Crippen LogP contribution in [0, 0.1) is 6.92 Å². The van der Waals surface area contributed by atoms with Crippen LogP contribution in [0.5, 0.6) is 5.75 Å². The molecule has 0 atom stereocenters. The molecule has 0 spiro atoms. The number of aryl methyl sites for hydroxylation is 2. The molecule has 3 rings (SSSR count). The van der Waals surface area contributed by atoms with Crippen molar-refractivity contribution < 1.29 is 13.9 Å². The molecule has 8 heteroatoms. The second kappa shape index (κ2) is 7.43.